The quantitative estimate of drug-likeness (QED) is 0.753. The smallest absolute Gasteiger partial charge is 0.304 e. The van der Waals surface area contributed by atoms with E-state index in [2.05, 4.69) is 13.8 Å². The van der Waals surface area contributed by atoms with Crippen molar-refractivity contribution in [2.24, 2.45) is 16.6 Å². The minimum atomic E-state index is -0.731. The third-order valence-corrected chi connectivity index (χ3v) is 4.82. The number of carboxylic acid groups (broad SMARTS) is 1. The number of aliphatic carboxylic acids is 1. The van der Waals surface area contributed by atoms with Crippen LogP contribution in [-0.4, -0.2) is 29.1 Å². The molecule has 1 atom stereocenters. The van der Waals surface area contributed by atoms with Crippen LogP contribution in [0.15, 0.2) is 0 Å². The molecule has 4 heteroatoms. The van der Waals surface area contributed by atoms with Crippen LogP contribution in [0.4, 0.5) is 0 Å². The first-order valence-electron chi connectivity index (χ1n) is 4.93. The Labute approximate surface area is 89.4 Å². The van der Waals surface area contributed by atoms with E-state index in [4.69, 9.17) is 10.8 Å². The summed E-state index contributed by atoms with van der Waals surface area (Å²) in [6, 6.07) is 0. The van der Waals surface area contributed by atoms with E-state index in [1.165, 1.54) is 0 Å². The van der Waals surface area contributed by atoms with Gasteiger partial charge in [0.25, 0.3) is 0 Å². The molecule has 1 unspecified atom stereocenters. The Morgan fingerprint density at radius 2 is 2.21 bits per heavy atom. The highest BCUT2D eigenvalue weighted by atomic mass is 32.2. The molecular formula is C10H19NO2S. The molecule has 3 nitrogen and oxygen atoms in total. The van der Waals surface area contributed by atoms with E-state index in [1.54, 1.807) is 0 Å². The number of thioether (sulfide) groups is 1. The van der Waals surface area contributed by atoms with Crippen LogP contribution in [0.5, 0.6) is 0 Å². The van der Waals surface area contributed by atoms with Gasteiger partial charge < -0.3 is 10.8 Å². The lowest BCUT2D eigenvalue weighted by Crippen LogP contribution is -2.49. The first-order valence-corrected chi connectivity index (χ1v) is 6.09. The number of carbonyl (C=O) groups is 1. The third kappa shape index (κ3) is 2.06. The Bertz CT molecular complexity index is 230. The van der Waals surface area contributed by atoms with Gasteiger partial charge in [-0.1, -0.05) is 13.8 Å². The number of nitrogens with two attached hydrogens (primary N) is 1. The minimum Gasteiger partial charge on any atom is -0.481 e. The summed E-state index contributed by atoms with van der Waals surface area (Å²) in [5.41, 5.74) is 5.61. The van der Waals surface area contributed by atoms with Crippen LogP contribution >= 0.6 is 11.8 Å². The van der Waals surface area contributed by atoms with Gasteiger partial charge in [-0.2, -0.15) is 11.8 Å². The van der Waals surface area contributed by atoms with E-state index in [-0.39, 0.29) is 17.3 Å². The molecule has 0 amide bonds. The highest BCUT2D eigenvalue weighted by Gasteiger charge is 2.47. The zero-order valence-corrected chi connectivity index (χ0v) is 9.69. The van der Waals surface area contributed by atoms with Crippen LogP contribution in [0, 0.1) is 10.8 Å². The molecule has 1 aliphatic rings. The fraction of sp³-hybridized carbons (Fsp3) is 0.900. The summed E-state index contributed by atoms with van der Waals surface area (Å²) in [7, 11) is 0. The SMILES string of the molecule is CC1(C)CCSCC1(CN)CC(=O)O. The molecular weight excluding hydrogens is 198 g/mol. The summed E-state index contributed by atoms with van der Waals surface area (Å²) >= 11 is 1.83. The lowest BCUT2D eigenvalue weighted by atomic mass is 9.63. The number of rotatable bonds is 3. The zero-order chi connectivity index (χ0) is 10.8. The molecule has 0 aromatic carbocycles. The van der Waals surface area contributed by atoms with Crippen LogP contribution in [0.25, 0.3) is 0 Å². The lowest BCUT2D eigenvalue weighted by molar-refractivity contribution is -0.141. The maximum absolute atomic E-state index is 10.9. The molecule has 0 aromatic heterocycles. The molecule has 1 fully saturated rings. The second kappa shape index (κ2) is 4.11. The summed E-state index contributed by atoms with van der Waals surface area (Å²) in [5, 5.41) is 8.93. The fourth-order valence-electron chi connectivity index (χ4n) is 2.04. The van der Waals surface area contributed by atoms with E-state index in [0.717, 1.165) is 17.9 Å². The van der Waals surface area contributed by atoms with Crippen molar-refractivity contribution in [2.45, 2.75) is 26.7 Å². The van der Waals surface area contributed by atoms with Crippen molar-refractivity contribution in [3.05, 3.63) is 0 Å². The Morgan fingerprint density at radius 3 is 2.64 bits per heavy atom. The molecule has 1 rings (SSSR count). The topological polar surface area (TPSA) is 63.3 Å². The van der Waals surface area contributed by atoms with Crippen LogP contribution < -0.4 is 5.73 Å². The second-order valence-corrected chi connectivity index (χ2v) is 5.85. The standard InChI is InChI=1S/C10H19NO2S/c1-9(2)3-4-14-7-10(9,6-11)5-8(12)13/h3-7,11H2,1-2H3,(H,12,13). The lowest BCUT2D eigenvalue weighted by Gasteiger charge is -2.48. The Morgan fingerprint density at radius 1 is 1.57 bits per heavy atom. The van der Waals surface area contributed by atoms with Gasteiger partial charge in [0.05, 0.1) is 6.42 Å². The number of hydrogen-bond acceptors (Lipinski definition) is 3. The first kappa shape index (κ1) is 11.9. The fourth-order valence-corrected chi connectivity index (χ4v) is 3.84. The highest BCUT2D eigenvalue weighted by molar-refractivity contribution is 7.99. The summed E-state index contributed by atoms with van der Waals surface area (Å²) in [6.45, 7) is 4.75. The van der Waals surface area contributed by atoms with E-state index in [9.17, 15) is 4.79 Å². The maximum atomic E-state index is 10.9. The average Bonchev–Trinajstić information content (AvgIpc) is 2.08. The van der Waals surface area contributed by atoms with Crippen LogP contribution in [-0.2, 0) is 4.79 Å². The van der Waals surface area contributed by atoms with Crippen molar-refractivity contribution in [1.29, 1.82) is 0 Å². The molecule has 1 aliphatic heterocycles. The molecule has 0 spiro atoms. The normalized spacial score (nSPS) is 31.4. The predicted octanol–water partition coefficient (Wildman–Crippen LogP) is 1.57. The van der Waals surface area contributed by atoms with Crippen molar-refractivity contribution in [1.82, 2.24) is 0 Å². The summed E-state index contributed by atoms with van der Waals surface area (Å²) in [6.07, 6.45) is 1.26. The zero-order valence-electron chi connectivity index (χ0n) is 8.88. The van der Waals surface area contributed by atoms with Crippen molar-refractivity contribution < 1.29 is 9.90 Å². The summed E-state index contributed by atoms with van der Waals surface area (Å²) in [4.78, 5) is 10.9. The van der Waals surface area contributed by atoms with Crippen LogP contribution in [0.2, 0.25) is 0 Å². The number of carboxylic acids is 1. The summed E-state index contributed by atoms with van der Waals surface area (Å²) < 4.78 is 0. The molecule has 14 heavy (non-hydrogen) atoms. The van der Waals surface area contributed by atoms with E-state index >= 15 is 0 Å². The Hall–Kier alpha value is -0.220. The molecule has 0 radical (unpaired) electrons. The van der Waals surface area contributed by atoms with Crippen molar-refractivity contribution in [3.63, 3.8) is 0 Å². The largest absolute Gasteiger partial charge is 0.481 e. The molecule has 0 saturated carbocycles. The van der Waals surface area contributed by atoms with Gasteiger partial charge in [-0.3, -0.25) is 4.79 Å². The van der Waals surface area contributed by atoms with Crippen molar-refractivity contribution >= 4 is 17.7 Å². The van der Waals surface area contributed by atoms with E-state index in [1.807, 2.05) is 11.8 Å². The van der Waals surface area contributed by atoms with E-state index < -0.39 is 5.97 Å². The number of hydrogen-bond donors (Lipinski definition) is 2. The monoisotopic (exact) mass is 217 g/mol. The van der Waals surface area contributed by atoms with Crippen LogP contribution in [0.3, 0.4) is 0 Å². The van der Waals surface area contributed by atoms with Gasteiger partial charge in [-0.15, -0.1) is 0 Å². The highest BCUT2D eigenvalue weighted by Crippen LogP contribution is 2.50. The molecule has 1 saturated heterocycles. The van der Waals surface area contributed by atoms with Gasteiger partial charge in [0.2, 0.25) is 0 Å². The van der Waals surface area contributed by atoms with Gasteiger partial charge >= 0.3 is 5.97 Å². The van der Waals surface area contributed by atoms with Gasteiger partial charge in [0.15, 0.2) is 0 Å². The van der Waals surface area contributed by atoms with Crippen LogP contribution in [0.1, 0.15) is 26.7 Å². The maximum Gasteiger partial charge on any atom is 0.304 e. The first-order chi connectivity index (χ1) is 6.43. The minimum absolute atomic E-state index is 0.0470. The molecule has 3 N–H and O–H groups in total. The molecule has 1 heterocycles. The Kier molecular flexibility index (Phi) is 3.48. The second-order valence-electron chi connectivity index (χ2n) is 4.74. The summed E-state index contributed by atoms with van der Waals surface area (Å²) in [5.74, 6) is 1.27. The van der Waals surface area contributed by atoms with Gasteiger partial charge in [0, 0.05) is 11.2 Å². The van der Waals surface area contributed by atoms with Crippen molar-refractivity contribution in [3.8, 4) is 0 Å². The van der Waals surface area contributed by atoms with Gasteiger partial charge in [-0.05, 0) is 24.1 Å². The average molecular weight is 217 g/mol. The Balaban J connectivity index is 2.88. The predicted molar refractivity (Wildman–Crippen MR) is 59.5 cm³/mol. The molecule has 0 aromatic rings. The van der Waals surface area contributed by atoms with Gasteiger partial charge in [-0.25, -0.2) is 0 Å². The van der Waals surface area contributed by atoms with E-state index in [0.29, 0.717) is 6.54 Å². The third-order valence-electron chi connectivity index (χ3n) is 3.57. The molecule has 0 aliphatic carbocycles. The van der Waals surface area contributed by atoms with Gasteiger partial charge in [0.1, 0.15) is 0 Å². The molecule has 0 bridgehead atoms. The van der Waals surface area contributed by atoms with Crippen molar-refractivity contribution in [2.75, 3.05) is 18.1 Å². The molecule has 82 valence electrons.